The summed E-state index contributed by atoms with van der Waals surface area (Å²) < 4.78 is 4.75. The van der Waals surface area contributed by atoms with Gasteiger partial charge in [0, 0.05) is 12.6 Å². The van der Waals surface area contributed by atoms with E-state index in [0.717, 1.165) is 11.0 Å². The summed E-state index contributed by atoms with van der Waals surface area (Å²) in [6, 6.07) is 3.65. The number of para-hydroxylation sites is 1. The fourth-order valence-electron chi connectivity index (χ4n) is 1.71. The Morgan fingerprint density at radius 2 is 2.05 bits per heavy atom. The molecule has 0 radical (unpaired) electrons. The van der Waals surface area contributed by atoms with Gasteiger partial charge in [-0.15, -0.1) is 0 Å². The van der Waals surface area contributed by atoms with E-state index in [2.05, 4.69) is 0 Å². The second kappa shape index (κ2) is 7.22. The molecule has 8 nitrogen and oxygen atoms in total. The lowest BCUT2D eigenvalue weighted by atomic mass is 10.1. The van der Waals surface area contributed by atoms with E-state index in [9.17, 15) is 24.8 Å². The zero-order chi connectivity index (χ0) is 16.0. The molecule has 8 heteroatoms. The monoisotopic (exact) mass is 296 g/mol. The first-order valence-corrected chi connectivity index (χ1v) is 6.33. The van der Waals surface area contributed by atoms with Crippen molar-refractivity contribution in [2.24, 2.45) is 0 Å². The molecule has 0 spiro atoms. The quantitative estimate of drug-likeness (QED) is 0.481. The van der Waals surface area contributed by atoms with Crippen molar-refractivity contribution in [1.29, 1.82) is 0 Å². The first-order chi connectivity index (χ1) is 9.92. The van der Waals surface area contributed by atoms with Gasteiger partial charge in [-0.2, -0.15) is 0 Å². The van der Waals surface area contributed by atoms with Crippen LogP contribution >= 0.6 is 0 Å². The first-order valence-electron chi connectivity index (χ1n) is 6.33. The summed E-state index contributed by atoms with van der Waals surface area (Å²) in [6.45, 7) is 3.38. The Bertz CT molecular complexity index is 558. The average Bonchev–Trinajstić information content (AvgIpc) is 2.44. The van der Waals surface area contributed by atoms with Gasteiger partial charge in [-0.3, -0.25) is 19.7 Å². The van der Waals surface area contributed by atoms with Crippen molar-refractivity contribution < 1.29 is 24.4 Å². The van der Waals surface area contributed by atoms with E-state index in [0.29, 0.717) is 0 Å². The van der Waals surface area contributed by atoms with Gasteiger partial charge in [0.15, 0.2) is 0 Å². The van der Waals surface area contributed by atoms with E-state index in [1.807, 2.05) is 0 Å². The van der Waals surface area contributed by atoms with E-state index >= 15 is 0 Å². The number of benzene rings is 1. The minimum Gasteiger partial charge on any atom is -0.502 e. The lowest BCUT2D eigenvalue weighted by molar-refractivity contribution is -0.385. The molecule has 1 rings (SSSR count). The third-order valence-corrected chi connectivity index (χ3v) is 2.74. The number of nitro groups is 1. The van der Waals surface area contributed by atoms with Crippen LogP contribution in [0.4, 0.5) is 5.69 Å². The number of nitro benzene ring substituents is 1. The molecule has 0 unspecified atom stereocenters. The lowest BCUT2D eigenvalue weighted by Gasteiger charge is -2.20. The summed E-state index contributed by atoms with van der Waals surface area (Å²) in [6.07, 6.45) is 0. The molecule has 0 aromatic heterocycles. The normalized spacial score (nSPS) is 10.0. The SMILES string of the molecule is CCOC(=O)CN(CC)C(=O)c1cccc([N+](=O)[O-])c1O. The maximum absolute atomic E-state index is 12.2. The molecular formula is C13H16N2O6. The molecule has 0 saturated heterocycles. The lowest BCUT2D eigenvalue weighted by Crippen LogP contribution is -2.36. The third kappa shape index (κ3) is 3.91. The van der Waals surface area contributed by atoms with E-state index in [-0.39, 0.29) is 25.3 Å². The van der Waals surface area contributed by atoms with Crippen LogP contribution in [-0.4, -0.2) is 46.5 Å². The van der Waals surface area contributed by atoms with Crippen LogP contribution in [0.15, 0.2) is 18.2 Å². The van der Waals surface area contributed by atoms with Crippen LogP contribution in [0.3, 0.4) is 0 Å². The predicted molar refractivity (Wildman–Crippen MR) is 73.0 cm³/mol. The van der Waals surface area contributed by atoms with Gasteiger partial charge in [0.2, 0.25) is 5.75 Å². The van der Waals surface area contributed by atoms with Crippen LogP contribution in [0.25, 0.3) is 0 Å². The van der Waals surface area contributed by atoms with Crippen LogP contribution < -0.4 is 0 Å². The Kier molecular flexibility index (Phi) is 5.65. The maximum atomic E-state index is 12.2. The second-order valence-corrected chi connectivity index (χ2v) is 4.05. The Hall–Kier alpha value is -2.64. The minimum absolute atomic E-state index is 0.187. The number of hydrogen-bond acceptors (Lipinski definition) is 6. The van der Waals surface area contributed by atoms with Crippen LogP contribution in [0, 0.1) is 10.1 Å². The predicted octanol–water partition coefficient (Wildman–Crippen LogP) is 1.33. The van der Waals surface area contributed by atoms with Gasteiger partial charge in [0.25, 0.3) is 5.91 Å². The number of phenolic OH excluding ortho intramolecular Hbond substituents is 1. The fraction of sp³-hybridized carbons (Fsp3) is 0.385. The minimum atomic E-state index is -0.784. The van der Waals surface area contributed by atoms with Crippen LogP contribution in [0.1, 0.15) is 24.2 Å². The molecule has 0 aliphatic rings. The van der Waals surface area contributed by atoms with Crippen LogP contribution in [-0.2, 0) is 9.53 Å². The number of carbonyl (C=O) groups is 2. The van der Waals surface area contributed by atoms with Crippen molar-refractivity contribution in [3.63, 3.8) is 0 Å². The highest BCUT2D eigenvalue weighted by Gasteiger charge is 2.25. The number of hydrogen-bond donors (Lipinski definition) is 1. The highest BCUT2D eigenvalue weighted by Crippen LogP contribution is 2.30. The Balaban J connectivity index is 3.03. The van der Waals surface area contributed by atoms with Gasteiger partial charge >= 0.3 is 11.7 Å². The number of rotatable bonds is 6. The number of amides is 1. The van der Waals surface area contributed by atoms with Crippen molar-refractivity contribution in [2.75, 3.05) is 19.7 Å². The summed E-state index contributed by atoms with van der Waals surface area (Å²) in [5.74, 6) is -1.97. The molecule has 0 atom stereocenters. The molecule has 21 heavy (non-hydrogen) atoms. The molecule has 1 amide bonds. The zero-order valence-corrected chi connectivity index (χ0v) is 11.7. The molecule has 0 bridgehead atoms. The topological polar surface area (TPSA) is 110 Å². The largest absolute Gasteiger partial charge is 0.502 e. The van der Waals surface area contributed by atoms with Crippen molar-refractivity contribution in [3.8, 4) is 5.75 Å². The summed E-state index contributed by atoms with van der Waals surface area (Å²) in [7, 11) is 0. The van der Waals surface area contributed by atoms with Crippen molar-refractivity contribution >= 4 is 17.6 Å². The Morgan fingerprint density at radius 3 is 2.57 bits per heavy atom. The number of carbonyl (C=O) groups excluding carboxylic acids is 2. The summed E-state index contributed by atoms with van der Waals surface area (Å²) >= 11 is 0. The molecule has 114 valence electrons. The van der Waals surface area contributed by atoms with Crippen LogP contribution in [0.5, 0.6) is 5.75 Å². The highest BCUT2D eigenvalue weighted by atomic mass is 16.6. The third-order valence-electron chi connectivity index (χ3n) is 2.74. The summed E-state index contributed by atoms with van der Waals surface area (Å²) in [4.78, 5) is 34.8. The second-order valence-electron chi connectivity index (χ2n) is 4.05. The van der Waals surface area contributed by atoms with Gasteiger partial charge in [-0.25, -0.2) is 0 Å². The van der Waals surface area contributed by atoms with Crippen molar-refractivity contribution in [1.82, 2.24) is 4.90 Å². The van der Waals surface area contributed by atoms with E-state index in [1.54, 1.807) is 13.8 Å². The first kappa shape index (κ1) is 16.4. The maximum Gasteiger partial charge on any atom is 0.325 e. The molecule has 0 aliphatic heterocycles. The number of ether oxygens (including phenoxy) is 1. The number of nitrogens with zero attached hydrogens (tertiary/aromatic N) is 2. The summed E-state index contributed by atoms with van der Waals surface area (Å²) in [5.41, 5.74) is -0.789. The van der Waals surface area contributed by atoms with E-state index in [1.165, 1.54) is 12.1 Å². The molecule has 0 heterocycles. The van der Waals surface area contributed by atoms with Gasteiger partial charge < -0.3 is 14.7 Å². The molecule has 0 saturated carbocycles. The highest BCUT2D eigenvalue weighted by molar-refractivity contribution is 5.99. The molecule has 0 aliphatic carbocycles. The summed E-state index contributed by atoms with van der Waals surface area (Å²) in [5, 5.41) is 20.6. The molecule has 1 aromatic rings. The molecular weight excluding hydrogens is 280 g/mol. The van der Waals surface area contributed by atoms with E-state index < -0.39 is 28.2 Å². The Morgan fingerprint density at radius 1 is 1.38 bits per heavy atom. The Labute approximate surface area is 121 Å². The van der Waals surface area contributed by atoms with Crippen LogP contribution in [0.2, 0.25) is 0 Å². The van der Waals surface area contributed by atoms with Gasteiger partial charge in [-0.1, -0.05) is 6.07 Å². The van der Waals surface area contributed by atoms with E-state index in [4.69, 9.17) is 4.74 Å². The van der Waals surface area contributed by atoms with Crippen molar-refractivity contribution in [3.05, 3.63) is 33.9 Å². The fourth-order valence-corrected chi connectivity index (χ4v) is 1.71. The number of aromatic hydroxyl groups is 1. The van der Waals surface area contributed by atoms with Gasteiger partial charge in [-0.05, 0) is 19.9 Å². The molecule has 0 fully saturated rings. The van der Waals surface area contributed by atoms with Gasteiger partial charge in [0.05, 0.1) is 17.1 Å². The van der Waals surface area contributed by atoms with Crippen molar-refractivity contribution in [2.45, 2.75) is 13.8 Å². The number of phenols is 1. The zero-order valence-electron chi connectivity index (χ0n) is 11.7. The van der Waals surface area contributed by atoms with Gasteiger partial charge in [0.1, 0.15) is 6.54 Å². The number of likely N-dealkylation sites (N-methyl/N-ethyl adjacent to an activating group) is 1. The number of esters is 1. The average molecular weight is 296 g/mol. The molecule has 1 N–H and O–H groups in total. The smallest absolute Gasteiger partial charge is 0.325 e. The standard InChI is InChI=1S/C13H16N2O6/c1-3-14(8-11(16)21-4-2)13(18)9-6-5-7-10(12(9)17)15(19)20/h5-7,17H,3-4,8H2,1-2H3. The molecule has 1 aromatic carbocycles.